The van der Waals surface area contributed by atoms with Crippen molar-refractivity contribution in [1.29, 1.82) is 0 Å². The van der Waals surface area contributed by atoms with E-state index in [-0.39, 0.29) is 5.82 Å². The molecule has 2 aromatic carbocycles. The molecule has 0 saturated heterocycles. The van der Waals surface area contributed by atoms with Crippen molar-refractivity contribution in [3.63, 3.8) is 0 Å². The Morgan fingerprint density at radius 1 is 1.16 bits per heavy atom. The molecule has 0 spiro atoms. The summed E-state index contributed by atoms with van der Waals surface area (Å²) in [6, 6.07) is 12.4. The lowest BCUT2D eigenvalue weighted by Gasteiger charge is -2.02. The Kier molecular flexibility index (Phi) is 3.21. The first-order valence-electron chi connectivity index (χ1n) is 5.62. The maximum absolute atomic E-state index is 13.3. The first-order valence-corrected chi connectivity index (χ1v) is 7.23. The van der Waals surface area contributed by atoms with Gasteiger partial charge in [0.05, 0.1) is 4.88 Å². The van der Waals surface area contributed by atoms with Crippen molar-refractivity contribution in [2.75, 3.05) is 0 Å². The highest BCUT2D eigenvalue weighted by atomic mass is 79.9. The number of rotatable bonds is 2. The molecule has 0 aliphatic heterocycles. The Hall–Kier alpha value is -1.52. The van der Waals surface area contributed by atoms with Gasteiger partial charge in [-0.15, -0.1) is 11.3 Å². The third-order valence-electron chi connectivity index (χ3n) is 2.90. The molecule has 0 aliphatic rings. The number of fused-ring (bicyclic) bond motifs is 1. The van der Waals surface area contributed by atoms with Gasteiger partial charge in [-0.3, -0.25) is 4.79 Å². The van der Waals surface area contributed by atoms with Crippen molar-refractivity contribution in [1.82, 2.24) is 0 Å². The van der Waals surface area contributed by atoms with Crippen molar-refractivity contribution in [3.05, 3.63) is 57.6 Å². The topological polar surface area (TPSA) is 17.1 Å². The Bertz CT molecular complexity index is 779. The van der Waals surface area contributed by atoms with Crippen LogP contribution in [0.25, 0.3) is 21.2 Å². The molecule has 0 saturated carbocycles. The largest absolute Gasteiger partial charge is 0.297 e. The Morgan fingerprint density at radius 3 is 2.74 bits per heavy atom. The van der Waals surface area contributed by atoms with E-state index in [9.17, 15) is 9.18 Å². The van der Waals surface area contributed by atoms with Gasteiger partial charge >= 0.3 is 0 Å². The number of halogens is 2. The number of benzene rings is 2. The van der Waals surface area contributed by atoms with E-state index in [1.54, 1.807) is 6.07 Å². The lowest BCUT2D eigenvalue weighted by Crippen LogP contribution is -1.82. The van der Waals surface area contributed by atoms with Crippen LogP contribution in [0.15, 0.2) is 46.9 Å². The normalized spacial score (nSPS) is 10.8. The van der Waals surface area contributed by atoms with Gasteiger partial charge in [0.1, 0.15) is 5.82 Å². The second kappa shape index (κ2) is 4.87. The van der Waals surface area contributed by atoms with Crippen molar-refractivity contribution in [2.24, 2.45) is 0 Å². The lowest BCUT2D eigenvalue weighted by atomic mass is 10.0. The highest BCUT2D eigenvalue weighted by molar-refractivity contribution is 9.10. The molecule has 3 rings (SSSR count). The molecule has 0 aliphatic carbocycles. The first kappa shape index (κ1) is 12.5. The molecule has 3 aromatic rings. The molecule has 94 valence electrons. The standard InChI is InChI=1S/C15H8BrFOS/c16-10-3-1-2-9(6-10)15-12-5-4-11(17)7-13(12)19-14(15)8-18/h1-8H. The molecule has 1 aromatic heterocycles. The Balaban J connectivity index is 2.35. The number of carbonyl (C=O) groups excluding carboxylic acids is 1. The van der Waals surface area contributed by atoms with E-state index >= 15 is 0 Å². The summed E-state index contributed by atoms with van der Waals surface area (Å²) >= 11 is 4.74. The van der Waals surface area contributed by atoms with Crippen molar-refractivity contribution in [3.8, 4) is 11.1 Å². The molecule has 0 amide bonds. The van der Waals surface area contributed by atoms with Crippen LogP contribution in [-0.2, 0) is 0 Å². The summed E-state index contributed by atoms with van der Waals surface area (Å²) in [5.41, 5.74) is 1.82. The van der Waals surface area contributed by atoms with Crippen LogP contribution in [-0.4, -0.2) is 6.29 Å². The monoisotopic (exact) mass is 334 g/mol. The number of thiophene rings is 1. The maximum Gasteiger partial charge on any atom is 0.160 e. The minimum atomic E-state index is -0.285. The van der Waals surface area contributed by atoms with Crippen LogP contribution in [0.2, 0.25) is 0 Å². The average Bonchev–Trinajstić information content (AvgIpc) is 2.76. The molecule has 0 bridgehead atoms. The van der Waals surface area contributed by atoms with E-state index in [1.807, 2.05) is 24.3 Å². The van der Waals surface area contributed by atoms with Crippen LogP contribution >= 0.6 is 27.3 Å². The van der Waals surface area contributed by atoms with Crippen molar-refractivity contribution >= 4 is 43.6 Å². The molecular weight excluding hydrogens is 327 g/mol. The number of carbonyl (C=O) groups is 1. The predicted octanol–water partition coefficient (Wildman–Crippen LogP) is 5.28. The zero-order valence-electron chi connectivity index (χ0n) is 9.69. The fourth-order valence-corrected chi connectivity index (χ4v) is 3.58. The van der Waals surface area contributed by atoms with Gasteiger partial charge in [-0.1, -0.05) is 28.1 Å². The predicted molar refractivity (Wildman–Crippen MR) is 80.3 cm³/mol. The summed E-state index contributed by atoms with van der Waals surface area (Å²) in [5.74, 6) is -0.285. The number of aldehydes is 1. The SMILES string of the molecule is O=Cc1sc2cc(F)ccc2c1-c1cccc(Br)c1. The molecule has 4 heteroatoms. The summed E-state index contributed by atoms with van der Waals surface area (Å²) in [6.07, 6.45) is 0.832. The minimum Gasteiger partial charge on any atom is -0.297 e. The van der Waals surface area contributed by atoms with E-state index in [4.69, 9.17) is 0 Å². The fourth-order valence-electron chi connectivity index (χ4n) is 2.11. The first-order chi connectivity index (χ1) is 9.19. The number of hydrogen-bond acceptors (Lipinski definition) is 2. The van der Waals surface area contributed by atoms with Crippen LogP contribution in [0, 0.1) is 5.82 Å². The summed E-state index contributed by atoms with van der Waals surface area (Å²) in [7, 11) is 0. The molecule has 0 fully saturated rings. The van der Waals surface area contributed by atoms with Gasteiger partial charge in [0, 0.05) is 20.1 Å². The Morgan fingerprint density at radius 2 is 2.00 bits per heavy atom. The fraction of sp³-hybridized carbons (Fsp3) is 0. The van der Waals surface area contributed by atoms with Crippen LogP contribution in [0.5, 0.6) is 0 Å². The molecular formula is C15H8BrFOS. The molecule has 1 heterocycles. The molecule has 1 nitrogen and oxygen atoms in total. The van der Waals surface area contributed by atoms with Gasteiger partial charge in [0.15, 0.2) is 6.29 Å². The molecule has 0 N–H and O–H groups in total. The lowest BCUT2D eigenvalue weighted by molar-refractivity contribution is 0.112. The zero-order valence-corrected chi connectivity index (χ0v) is 12.1. The van der Waals surface area contributed by atoms with Crippen molar-refractivity contribution in [2.45, 2.75) is 0 Å². The van der Waals surface area contributed by atoms with Gasteiger partial charge in [-0.2, -0.15) is 0 Å². The van der Waals surface area contributed by atoms with E-state index in [2.05, 4.69) is 15.9 Å². The van der Waals surface area contributed by atoms with E-state index in [0.29, 0.717) is 4.88 Å². The van der Waals surface area contributed by atoms with E-state index < -0.39 is 0 Å². The molecule has 0 atom stereocenters. The van der Waals surface area contributed by atoms with Gasteiger partial charge in [0.2, 0.25) is 0 Å². The van der Waals surface area contributed by atoms with Crippen LogP contribution in [0.3, 0.4) is 0 Å². The van der Waals surface area contributed by atoms with Gasteiger partial charge in [-0.05, 0) is 35.9 Å². The van der Waals surface area contributed by atoms with Crippen molar-refractivity contribution < 1.29 is 9.18 Å². The third kappa shape index (κ3) is 2.22. The van der Waals surface area contributed by atoms with Gasteiger partial charge in [0.25, 0.3) is 0 Å². The van der Waals surface area contributed by atoms with Crippen LogP contribution < -0.4 is 0 Å². The summed E-state index contributed by atoms with van der Waals surface area (Å²) < 4.78 is 15.0. The smallest absolute Gasteiger partial charge is 0.160 e. The maximum atomic E-state index is 13.3. The summed E-state index contributed by atoms with van der Waals surface area (Å²) in [6.45, 7) is 0. The van der Waals surface area contributed by atoms with Gasteiger partial charge in [-0.25, -0.2) is 4.39 Å². The third-order valence-corrected chi connectivity index (χ3v) is 4.47. The summed E-state index contributed by atoms with van der Waals surface area (Å²) in [4.78, 5) is 11.9. The zero-order chi connectivity index (χ0) is 13.4. The van der Waals surface area contributed by atoms with Crippen LogP contribution in [0.4, 0.5) is 4.39 Å². The molecule has 0 radical (unpaired) electrons. The highest BCUT2D eigenvalue weighted by Crippen LogP contribution is 2.38. The van der Waals surface area contributed by atoms with Crippen LogP contribution in [0.1, 0.15) is 9.67 Å². The van der Waals surface area contributed by atoms with E-state index in [1.165, 1.54) is 23.5 Å². The van der Waals surface area contributed by atoms with E-state index in [0.717, 1.165) is 32.0 Å². The molecule has 19 heavy (non-hydrogen) atoms. The van der Waals surface area contributed by atoms with Gasteiger partial charge < -0.3 is 0 Å². The molecule has 0 unspecified atom stereocenters. The highest BCUT2D eigenvalue weighted by Gasteiger charge is 2.14. The average molecular weight is 335 g/mol. The quantitative estimate of drug-likeness (QED) is 0.582. The minimum absolute atomic E-state index is 0.285. The number of hydrogen-bond donors (Lipinski definition) is 0. The second-order valence-corrected chi connectivity index (χ2v) is 6.11. The summed E-state index contributed by atoms with van der Waals surface area (Å²) in [5, 5.41) is 0.909. The second-order valence-electron chi connectivity index (χ2n) is 4.11. The Labute approximate surface area is 121 Å².